The van der Waals surface area contributed by atoms with E-state index in [1.165, 1.54) is 0 Å². The van der Waals surface area contributed by atoms with E-state index in [4.69, 9.17) is 4.74 Å². The molecule has 4 heteroatoms. The van der Waals surface area contributed by atoms with Gasteiger partial charge in [0.05, 0.1) is 5.39 Å². The largest absolute Gasteiger partial charge is 0.596 e. The van der Waals surface area contributed by atoms with Crippen molar-refractivity contribution in [3.8, 4) is 0 Å². The highest BCUT2D eigenvalue weighted by Crippen LogP contribution is 2.16. The van der Waals surface area contributed by atoms with Gasteiger partial charge >= 0.3 is 0 Å². The molecule has 0 aliphatic rings. The van der Waals surface area contributed by atoms with Crippen molar-refractivity contribution in [2.45, 2.75) is 20.8 Å². The Morgan fingerprint density at radius 2 is 2.06 bits per heavy atom. The van der Waals surface area contributed by atoms with Gasteiger partial charge in [-0.1, -0.05) is 29.8 Å². The number of hydrogen-bond acceptors (Lipinski definition) is 3. The molecule has 0 fully saturated rings. The van der Waals surface area contributed by atoms with E-state index in [-0.39, 0.29) is 0 Å². The lowest BCUT2D eigenvalue weighted by Crippen LogP contribution is -2.40. The van der Waals surface area contributed by atoms with Gasteiger partial charge in [0, 0.05) is 25.0 Å². The number of hydrogen-bond donors (Lipinski definition) is 0. The maximum absolute atomic E-state index is 11.4. The van der Waals surface area contributed by atoms with Crippen LogP contribution in [-0.4, -0.2) is 12.7 Å². The third-order valence-corrected chi connectivity index (χ3v) is 2.82. The van der Waals surface area contributed by atoms with Gasteiger partial charge < -0.3 is 9.84 Å². The predicted octanol–water partition coefficient (Wildman–Crippen LogP) is 1.26. The number of fused-ring (bicyclic) bond motifs is 1. The monoisotopic (exact) mass is 244 g/mol. The number of nitrogens with zero attached hydrogens (tertiary/aromatic N) is 2. The van der Waals surface area contributed by atoms with Crippen molar-refractivity contribution in [3.63, 3.8) is 0 Å². The lowest BCUT2D eigenvalue weighted by molar-refractivity contribution is -0.693. The Hall–Kier alpha value is -2.10. The summed E-state index contributed by atoms with van der Waals surface area (Å²) in [6, 6.07) is 10.0. The van der Waals surface area contributed by atoms with Crippen LogP contribution in [0.3, 0.4) is 0 Å². The number of aromatic nitrogens is 1. The average Bonchev–Trinajstić information content (AvgIpc) is 2.35. The summed E-state index contributed by atoms with van der Waals surface area (Å²) >= 11 is 0. The predicted molar refractivity (Wildman–Crippen MR) is 68.1 cm³/mol. The third-order valence-electron chi connectivity index (χ3n) is 2.82. The Morgan fingerprint density at radius 3 is 2.78 bits per heavy atom. The van der Waals surface area contributed by atoms with Crippen molar-refractivity contribution >= 4 is 16.9 Å². The zero-order valence-corrected chi connectivity index (χ0v) is 10.8. The van der Waals surface area contributed by atoms with Crippen LogP contribution in [0.5, 0.6) is 0 Å². The second-order valence-corrected chi connectivity index (χ2v) is 4.07. The SMILES string of the molecule is CCO/C([O-])=N/[n+]1c(C)cc2ccccc2c1C. The van der Waals surface area contributed by atoms with E-state index in [1.807, 2.05) is 44.2 Å². The minimum absolute atomic E-state index is 0.328. The lowest BCUT2D eigenvalue weighted by Gasteiger charge is -2.08. The minimum atomic E-state index is -0.566. The van der Waals surface area contributed by atoms with Crippen LogP contribution in [0.15, 0.2) is 35.4 Å². The van der Waals surface area contributed by atoms with Gasteiger partial charge in [-0.05, 0) is 18.1 Å². The quantitative estimate of drug-likeness (QED) is 0.453. The Morgan fingerprint density at radius 1 is 1.33 bits per heavy atom. The first-order valence-electron chi connectivity index (χ1n) is 5.93. The van der Waals surface area contributed by atoms with Gasteiger partial charge in [0.25, 0.3) is 0 Å². The van der Waals surface area contributed by atoms with Gasteiger partial charge in [0.15, 0.2) is 0 Å². The fourth-order valence-corrected chi connectivity index (χ4v) is 2.01. The van der Waals surface area contributed by atoms with Gasteiger partial charge in [0.1, 0.15) is 0 Å². The summed E-state index contributed by atoms with van der Waals surface area (Å²) in [4.78, 5) is 0. The van der Waals surface area contributed by atoms with Crippen molar-refractivity contribution < 1.29 is 14.5 Å². The zero-order chi connectivity index (χ0) is 13.1. The summed E-state index contributed by atoms with van der Waals surface area (Å²) in [7, 11) is 0. The van der Waals surface area contributed by atoms with Crippen LogP contribution in [0.1, 0.15) is 18.3 Å². The van der Waals surface area contributed by atoms with E-state index in [1.54, 1.807) is 11.6 Å². The number of aryl methyl sites for hydroxylation is 2. The normalized spacial score (nSPS) is 11.8. The molecule has 0 atom stereocenters. The van der Waals surface area contributed by atoms with Crippen LogP contribution in [0.4, 0.5) is 0 Å². The lowest BCUT2D eigenvalue weighted by atomic mass is 10.1. The number of pyridine rings is 1. The van der Waals surface area contributed by atoms with E-state index < -0.39 is 6.08 Å². The third kappa shape index (κ3) is 2.27. The average molecular weight is 244 g/mol. The highest BCUT2D eigenvalue weighted by Gasteiger charge is 2.14. The van der Waals surface area contributed by atoms with Gasteiger partial charge in [0.2, 0.25) is 17.5 Å². The first-order valence-corrected chi connectivity index (χ1v) is 5.93. The molecule has 1 heterocycles. The van der Waals surface area contributed by atoms with Crippen LogP contribution in [0.2, 0.25) is 0 Å². The van der Waals surface area contributed by atoms with Crippen LogP contribution >= 0.6 is 0 Å². The maximum Gasteiger partial charge on any atom is 0.222 e. The Labute approximate surface area is 106 Å². The molecule has 1 aromatic carbocycles. The number of benzene rings is 1. The van der Waals surface area contributed by atoms with E-state index in [0.717, 1.165) is 22.2 Å². The molecular weight excluding hydrogens is 228 g/mol. The summed E-state index contributed by atoms with van der Waals surface area (Å²) in [5, 5.41) is 17.6. The molecule has 0 aliphatic heterocycles. The molecule has 94 valence electrons. The molecule has 0 saturated heterocycles. The molecule has 0 spiro atoms. The summed E-state index contributed by atoms with van der Waals surface area (Å²) < 4.78 is 6.47. The van der Waals surface area contributed by atoms with Gasteiger partial charge in [-0.25, -0.2) is 0 Å². The number of ether oxygens (including phenoxy) is 1. The van der Waals surface area contributed by atoms with E-state index in [2.05, 4.69) is 5.10 Å². The molecular formula is C14H16N2O2. The molecule has 18 heavy (non-hydrogen) atoms. The van der Waals surface area contributed by atoms with Crippen LogP contribution < -0.4 is 9.78 Å². The van der Waals surface area contributed by atoms with Crippen LogP contribution in [0.25, 0.3) is 10.8 Å². The molecule has 0 aliphatic carbocycles. The van der Waals surface area contributed by atoms with Crippen LogP contribution in [0, 0.1) is 13.8 Å². The zero-order valence-electron chi connectivity index (χ0n) is 10.8. The second kappa shape index (κ2) is 5.04. The van der Waals surface area contributed by atoms with Crippen molar-refractivity contribution in [3.05, 3.63) is 41.7 Å². The standard InChI is InChI=1S/C14H16N2O2/c1-4-18-14(17)15-16-10(2)9-12-7-5-6-8-13(12)11(16)3/h5-9H,4H2,1-3H3. The summed E-state index contributed by atoms with van der Waals surface area (Å²) in [5.41, 5.74) is 1.83. The Bertz CT molecular complexity index is 606. The van der Waals surface area contributed by atoms with E-state index in [0.29, 0.717) is 6.61 Å². The molecule has 0 saturated carbocycles. The molecule has 2 aromatic rings. The summed E-state index contributed by atoms with van der Waals surface area (Å²) in [5.74, 6) is 0. The summed E-state index contributed by atoms with van der Waals surface area (Å²) in [6.45, 7) is 5.95. The van der Waals surface area contributed by atoms with Crippen molar-refractivity contribution in [1.29, 1.82) is 0 Å². The van der Waals surface area contributed by atoms with Gasteiger partial charge in [-0.3, -0.25) is 0 Å². The maximum atomic E-state index is 11.4. The smallest absolute Gasteiger partial charge is 0.222 e. The first kappa shape index (κ1) is 12.4. The number of rotatable bonds is 2. The van der Waals surface area contributed by atoms with E-state index >= 15 is 0 Å². The molecule has 0 N–H and O–H groups in total. The van der Waals surface area contributed by atoms with Gasteiger partial charge in [-0.2, -0.15) is 0 Å². The summed E-state index contributed by atoms with van der Waals surface area (Å²) in [6.07, 6.45) is -0.566. The van der Waals surface area contributed by atoms with Crippen LogP contribution in [-0.2, 0) is 4.74 Å². The molecule has 0 radical (unpaired) electrons. The van der Waals surface area contributed by atoms with Crippen molar-refractivity contribution in [2.75, 3.05) is 6.61 Å². The molecule has 0 unspecified atom stereocenters. The van der Waals surface area contributed by atoms with Crippen molar-refractivity contribution in [1.82, 2.24) is 0 Å². The fourth-order valence-electron chi connectivity index (χ4n) is 2.01. The fraction of sp³-hybridized carbons (Fsp3) is 0.286. The van der Waals surface area contributed by atoms with Crippen molar-refractivity contribution in [2.24, 2.45) is 5.10 Å². The minimum Gasteiger partial charge on any atom is -0.596 e. The first-order chi connectivity index (χ1) is 8.63. The molecule has 0 amide bonds. The molecule has 1 aromatic heterocycles. The van der Waals surface area contributed by atoms with E-state index in [9.17, 15) is 5.11 Å². The Kier molecular flexibility index (Phi) is 3.46. The molecule has 4 nitrogen and oxygen atoms in total. The highest BCUT2D eigenvalue weighted by atomic mass is 16.6. The topological polar surface area (TPSA) is 48.5 Å². The second-order valence-electron chi connectivity index (χ2n) is 4.07. The highest BCUT2D eigenvalue weighted by molar-refractivity contribution is 5.83. The Balaban J connectivity index is 2.61. The van der Waals surface area contributed by atoms with Gasteiger partial charge in [-0.15, -0.1) is 0 Å². The molecule has 2 rings (SSSR count). The molecule has 0 bridgehead atoms.